The standard InChI is InChI=1S/C14H14BrN/c15-14-12(10-16-8-3-9-16)7-6-11-4-1-2-5-13(11)14/h1-2,4-7H,3,8-10H2. The molecule has 1 saturated heterocycles. The first-order valence-corrected chi connectivity index (χ1v) is 6.52. The van der Waals surface area contributed by atoms with Crippen molar-refractivity contribution in [1.29, 1.82) is 0 Å². The third-order valence-corrected chi connectivity index (χ3v) is 4.22. The third kappa shape index (κ3) is 1.76. The molecule has 0 bridgehead atoms. The number of likely N-dealkylation sites (tertiary alicyclic amines) is 1. The molecule has 0 unspecified atom stereocenters. The lowest BCUT2D eigenvalue weighted by Gasteiger charge is -2.31. The lowest BCUT2D eigenvalue weighted by Crippen LogP contribution is -2.36. The SMILES string of the molecule is Brc1c(CN2CCC2)ccc2ccccc12. The molecule has 1 aliphatic heterocycles. The zero-order valence-electron chi connectivity index (χ0n) is 9.12. The Hall–Kier alpha value is -0.860. The van der Waals surface area contributed by atoms with Gasteiger partial charge in [0.2, 0.25) is 0 Å². The second kappa shape index (κ2) is 4.19. The van der Waals surface area contributed by atoms with Crippen LogP contribution in [0.4, 0.5) is 0 Å². The normalized spacial score (nSPS) is 16.3. The Morgan fingerprint density at radius 1 is 1.06 bits per heavy atom. The monoisotopic (exact) mass is 275 g/mol. The summed E-state index contributed by atoms with van der Waals surface area (Å²) in [6, 6.07) is 13.0. The van der Waals surface area contributed by atoms with Gasteiger partial charge in [-0.2, -0.15) is 0 Å². The van der Waals surface area contributed by atoms with Crippen LogP contribution in [0.2, 0.25) is 0 Å². The second-order valence-electron chi connectivity index (χ2n) is 4.39. The summed E-state index contributed by atoms with van der Waals surface area (Å²) >= 11 is 3.74. The summed E-state index contributed by atoms with van der Waals surface area (Å²) in [5.41, 5.74) is 1.40. The molecule has 82 valence electrons. The molecule has 2 aromatic rings. The first-order valence-electron chi connectivity index (χ1n) is 5.73. The number of rotatable bonds is 2. The quantitative estimate of drug-likeness (QED) is 0.806. The van der Waals surface area contributed by atoms with Gasteiger partial charge in [-0.3, -0.25) is 4.90 Å². The Morgan fingerprint density at radius 2 is 1.88 bits per heavy atom. The highest BCUT2D eigenvalue weighted by molar-refractivity contribution is 9.10. The molecule has 2 heteroatoms. The highest BCUT2D eigenvalue weighted by atomic mass is 79.9. The van der Waals surface area contributed by atoms with Crippen LogP contribution in [0.5, 0.6) is 0 Å². The van der Waals surface area contributed by atoms with Crippen molar-refractivity contribution in [1.82, 2.24) is 4.90 Å². The van der Waals surface area contributed by atoms with Gasteiger partial charge in [0.05, 0.1) is 0 Å². The lowest BCUT2D eigenvalue weighted by atomic mass is 10.1. The summed E-state index contributed by atoms with van der Waals surface area (Å²) in [5.74, 6) is 0. The van der Waals surface area contributed by atoms with E-state index in [0.717, 1.165) is 6.54 Å². The van der Waals surface area contributed by atoms with Crippen LogP contribution in [-0.2, 0) is 6.54 Å². The van der Waals surface area contributed by atoms with Gasteiger partial charge >= 0.3 is 0 Å². The number of halogens is 1. The van der Waals surface area contributed by atoms with Crippen LogP contribution >= 0.6 is 15.9 Å². The van der Waals surface area contributed by atoms with Gasteiger partial charge in [0, 0.05) is 11.0 Å². The van der Waals surface area contributed by atoms with Crippen molar-refractivity contribution in [3.63, 3.8) is 0 Å². The minimum absolute atomic E-state index is 1.07. The molecular weight excluding hydrogens is 262 g/mol. The minimum atomic E-state index is 1.07. The van der Waals surface area contributed by atoms with Gasteiger partial charge < -0.3 is 0 Å². The summed E-state index contributed by atoms with van der Waals surface area (Å²) < 4.78 is 1.26. The molecular formula is C14H14BrN. The zero-order valence-corrected chi connectivity index (χ0v) is 10.7. The van der Waals surface area contributed by atoms with E-state index in [1.165, 1.54) is 40.3 Å². The maximum atomic E-state index is 3.74. The average Bonchev–Trinajstić information content (AvgIpc) is 2.26. The fourth-order valence-corrected chi connectivity index (χ4v) is 2.80. The molecule has 2 aromatic carbocycles. The molecule has 16 heavy (non-hydrogen) atoms. The molecule has 0 saturated carbocycles. The predicted molar refractivity (Wildman–Crippen MR) is 71.5 cm³/mol. The van der Waals surface area contributed by atoms with Crippen molar-refractivity contribution in [2.45, 2.75) is 13.0 Å². The average molecular weight is 276 g/mol. The summed E-state index contributed by atoms with van der Waals surface area (Å²) in [4.78, 5) is 2.48. The van der Waals surface area contributed by atoms with Gasteiger partial charge in [0.1, 0.15) is 0 Å². The summed E-state index contributed by atoms with van der Waals surface area (Å²) in [6.07, 6.45) is 1.35. The molecule has 3 rings (SSSR count). The molecule has 0 amide bonds. The van der Waals surface area contributed by atoms with Crippen LogP contribution in [0.15, 0.2) is 40.9 Å². The van der Waals surface area contributed by atoms with Gasteiger partial charge in [0.15, 0.2) is 0 Å². The van der Waals surface area contributed by atoms with Gasteiger partial charge in [-0.25, -0.2) is 0 Å². The van der Waals surface area contributed by atoms with Crippen molar-refractivity contribution in [2.24, 2.45) is 0 Å². The third-order valence-electron chi connectivity index (χ3n) is 3.29. The van der Waals surface area contributed by atoms with Gasteiger partial charge in [-0.05, 0) is 51.8 Å². The smallest absolute Gasteiger partial charge is 0.0298 e. The zero-order chi connectivity index (χ0) is 11.0. The van der Waals surface area contributed by atoms with Crippen molar-refractivity contribution in [3.05, 3.63) is 46.4 Å². The molecule has 0 N–H and O–H groups in total. The van der Waals surface area contributed by atoms with Gasteiger partial charge in [0.25, 0.3) is 0 Å². The molecule has 1 fully saturated rings. The Morgan fingerprint density at radius 3 is 2.62 bits per heavy atom. The summed E-state index contributed by atoms with van der Waals surface area (Å²) in [5, 5.41) is 2.63. The van der Waals surface area contributed by atoms with E-state index in [0.29, 0.717) is 0 Å². The Kier molecular flexibility index (Phi) is 2.70. The fraction of sp³-hybridized carbons (Fsp3) is 0.286. The Bertz CT molecular complexity index is 517. The van der Waals surface area contributed by atoms with E-state index in [2.05, 4.69) is 57.2 Å². The largest absolute Gasteiger partial charge is 0.299 e. The van der Waals surface area contributed by atoms with E-state index in [1.54, 1.807) is 0 Å². The molecule has 1 aliphatic rings. The van der Waals surface area contributed by atoms with Crippen molar-refractivity contribution < 1.29 is 0 Å². The Balaban J connectivity index is 2.01. The first-order chi connectivity index (χ1) is 7.84. The van der Waals surface area contributed by atoms with Crippen LogP contribution in [0.25, 0.3) is 10.8 Å². The highest BCUT2D eigenvalue weighted by Gasteiger charge is 2.15. The number of hydrogen-bond donors (Lipinski definition) is 0. The molecule has 1 nitrogen and oxygen atoms in total. The number of fused-ring (bicyclic) bond motifs is 1. The maximum absolute atomic E-state index is 3.74. The van der Waals surface area contributed by atoms with Gasteiger partial charge in [-0.15, -0.1) is 0 Å². The van der Waals surface area contributed by atoms with Crippen LogP contribution in [0.3, 0.4) is 0 Å². The van der Waals surface area contributed by atoms with Crippen LogP contribution in [-0.4, -0.2) is 18.0 Å². The summed E-state index contributed by atoms with van der Waals surface area (Å²) in [7, 11) is 0. The predicted octanol–water partition coefficient (Wildman–Crippen LogP) is 3.81. The Labute approximate surface area is 104 Å². The van der Waals surface area contributed by atoms with Crippen molar-refractivity contribution >= 4 is 26.7 Å². The van der Waals surface area contributed by atoms with E-state index >= 15 is 0 Å². The molecule has 0 spiro atoms. The van der Waals surface area contributed by atoms with Crippen LogP contribution < -0.4 is 0 Å². The van der Waals surface area contributed by atoms with Crippen LogP contribution in [0, 0.1) is 0 Å². The topological polar surface area (TPSA) is 3.24 Å². The van der Waals surface area contributed by atoms with Crippen molar-refractivity contribution in [3.8, 4) is 0 Å². The molecule has 1 heterocycles. The molecule has 0 radical (unpaired) electrons. The number of nitrogens with zero attached hydrogens (tertiary/aromatic N) is 1. The highest BCUT2D eigenvalue weighted by Crippen LogP contribution is 2.29. The number of benzene rings is 2. The lowest BCUT2D eigenvalue weighted by molar-refractivity contribution is 0.172. The maximum Gasteiger partial charge on any atom is 0.0298 e. The number of hydrogen-bond acceptors (Lipinski definition) is 1. The van der Waals surface area contributed by atoms with Crippen LogP contribution in [0.1, 0.15) is 12.0 Å². The molecule has 0 atom stereocenters. The minimum Gasteiger partial charge on any atom is -0.299 e. The van der Waals surface area contributed by atoms with E-state index in [4.69, 9.17) is 0 Å². The van der Waals surface area contributed by atoms with E-state index < -0.39 is 0 Å². The van der Waals surface area contributed by atoms with E-state index in [1.807, 2.05) is 0 Å². The van der Waals surface area contributed by atoms with Gasteiger partial charge in [-0.1, -0.05) is 36.4 Å². The summed E-state index contributed by atoms with van der Waals surface area (Å²) in [6.45, 7) is 3.57. The molecule has 0 aromatic heterocycles. The first kappa shape index (κ1) is 10.3. The van der Waals surface area contributed by atoms with E-state index in [-0.39, 0.29) is 0 Å². The second-order valence-corrected chi connectivity index (χ2v) is 5.18. The fourth-order valence-electron chi connectivity index (χ4n) is 2.18. The molecule has 0 aliphatic carbocycles. The van der Waals surface area contributed by atoms with E-state index in [9.17, 15) is 0 Å². The van der Waals surface area contributed by atoms with Crippen molar-refractivity contribution in [2.75, 3.05) is 13.1 Å².